The average molecular weight is 143 g/mol. The number of rotatable bonds is 0. The number of hydrogen-bond acceptors (Lipinski definition) is 1. The van der Waals surface area contributed by atoms with Crippen LogP contribution in [0.1, 0.15) is 13.3 Å². The van der Waals surface area contributed by atoms with Gasteiger partial charge in [0.25, 0.3) is 0 Å². The van der Waals surface area contributed by atoms with Crippen molar-refractivity contribution in [2.24, 2.45) is 0 Å². The molecule has 1 rings (SSSR count). The molecule has 0 aromatic rings. The van der Waals surface area contributed by atoms with Gasteiger partial charge in [-0.15, -0.1) is 11.6 Å². The van der Waals surface area contributed by atoms with Gasteiger partial charge in [-0.1, -0.05) is 0 Å². The second-order valence-electron chi connectivity index (χ2n) is 2.30. The Morgan fingerprint density at radius 1 is 1.89 bits per heavy atom. The number of amides is 1. The van der Waals surface area contributed by atoms with E-state index >= 15 is 0 Å². The summed E-state index contributed by atoms with van der Waals surface area (Å²) in [5.41, 5.74) is 0. The molecule has 1 heterocycles. The zero-order chi connectivity index (χ0) is 7.02. The minimum atomic E-state index is -0.398. The lowest BCUT2D eigenvalue weighted by Crippen LogP contribution is -2.29. The van der Waals surface area contributed by atoms with Crippen molar-refractivity contribution in [3.8, 4) is 0 Å². The number of alkyl halides is 1. The first-order valence-corrected chi connectivity index (χ1v) is 3.28. The molecule has 0 aliphatic carbocycles. The Balaban J connectivity index is 2.65. The first kappa shape index (κ1) is 6.94. The quantitative estimate of drug-likeness (QED) is 0.353. The number of hydrogen-bond donors (Lipinski definition) is 0. The van der Waals surface area contributed by atoms with Crippen LogP contribution in [0.2, 0.25) is 0 Å². The van der Waals surface area contributed by atoms with Gasteiger partial charge in [-0.2, -0.15) is 0 Å². The molecule has 2 atom stereocenters. The van der Waals surface area contributed by atoms with Crippen molar-refractivity contribution in [2.75, 3.05) is 0 Å². The summed E-state index contributed by atoms with van der Waals surface area (Å²) in [5.74, 6) is -0.163. The normalized spacial score (nSPS) is 35.8. The van der Waals surface area contributed by atoms with E-state index in [1.54, 1.807) is 0 Å². The monoisotopic (exact) mass is 143 g/mol. The number of halogens is 1. The van der Waals surface area contributed by atoms with Gasteiger partial charge in [0.1, 0.15) is 5.38 Å². The minimum absolute atomic E-state index is 0.0972. The molecule has 0 saturated carbocycles. The summed E-state index contributed by atoms with van der Waals surface area (Å²) in [5, 5.41) is -0.398. The summed E-state index contributed by atoms with van der Waals surface area (Å²) in [4.78, 5) is 12.0. The summed E-state index contributed by atoms with van der Waals surface area (Å²) >= 11 is 5.58. The predicted molar refractivity (Wildman–Crippen MR) is 36.3 cm³/mol. The van der Waals surface area contributed by atoms with Crippen molar-refractivity contribution in [3.05, 3.63) is 0 Å². The lowest BCUT2D eigenvalue weighted by Gasteiger charge is -2.13. The third-order valence-corrected chi connectivity index (χ3v) is 1.91. The van der Waals surface area contributed by atoms with E-state index in [2.05, 4.69) is 0 Å². The Morgan fingerprint density at radius 2 is 2.44 bits per heavy atom. The maximum atomic E-state index is 10.8. The van der Waals surface area contributed by atoms with Crippen LogP contribution in [0.4, 0.5) is 0 Å². The third-order valence-electron chi connectivity index (χ3n) is 1.55. The molecule has 9 heavy (non-hydrogen) atoms. The minimum Gasteiger partial charge on any atom is -0.393 e. The summed E-state index contributed by atoms with van der Waals surface area (Å²) in [6.45, 7) is 1.88. The largest absolute Gasteiger partial charge is 0.393 e. The highest BCUT2D eigenvalue weighted by Gasteiger charge is 2.31. The summed E-state index contributed by atoms with van der Waals surface area (Å²) in [6.07, 6.45) is 0.664. The molecule has 1 aliphatic heterocycles. The molecule has 0 N–H and O–H groups in total. The highest BCUT2D eigenvalue weighted by atomic mass is 35.5. The van der Waals surface area contributed by atoms with E-state index in [-0.39, 0.29) is 11.9 Å². The summed E-state index contributed by atoms with van der Waals surface area (Å²) in [6, 6.07) is 0.0972. The van der Waals surface area contributed by atoms with Crippen molar-refractivity contribution in [2.45, 2.75) is 24.8 Å². The highest BCUT2D eigenvalue weighted by Crippen LogP contribution is 2.20. The van der Waals surface area contributed by atoms with Gasteiger partial charge in [0.2, 0.25) is 13.9 Å². The molecule has 2 unspecified atom stereocenters. The van der Waals surface area contributed by atoms with Gasteiger partial charge in [-0.05, 0) is 13.3 Å². The van der Waals surface area contributed by atoms with Crippen LogP contribution >= 0.6 is 11.6 Å². The Kier molecular flexibility index (Phi) is 1.71. The standard InChI is InChI=1S/C5H7BClNO/c1-3-2-4(7)5(9)8(3)6/h3-4H,2H2,1H3. The number of carbonyl (C=O) groups is 1. The summed E-state index contributed by atoms with van der Waals surface area (Å²) in [7, 11) is 5.31. The summed E-state index contributed by atoms with van der Waals surface area (Å²) < 4.78 is 0. The van der Waals surface area contributed by atoms with Crippen molar-refractivity contribution in [1.82, 2.24) is 4.81 Å². The molecule has 48 valence electrons. The van der Waals surface area contributed by atoms with Gasteiger partial charge in [0, 0.05) is 6.04 Å². The van der Waals surface area contributed by atoms with E-state index in [1.165, 1.54) is 4.81 Å². The maximum absolute atomic E-state index is 10.8. The molecule has 1 aliphatic rings. The van der Waals surface area contributed by atoms with E-state index < -0.39 is 5.38 Å². The van der Waals surface area contributed by atoms with Gasteiger partial charge in [-0.25, -0.2) is 0 Å². The second-order valence-corrected chi connectivity index (χ2v) is 2.82. The van der Waals surface area contributed by atoms with Crippen LogP contribution < -0.4 is 0 Å². The topological polar surface area (TPSA) is 20.3 Å². The Hall–Kier alpha value is -0.175. The molecule has 1 amide bonds. The van der Waals surface area contributed by atoms with Crippen molar-refractivity contribution in [3.63, 3.8) is 0 Å². The molecule has 2 nitrogen and oxygen atoms in total. The molecule has 0 aromatic carbocycles. The lowest BCUT2D eigenvalue weighted by molar-refractivity contribution is -0.124. The smallest absolute Gasteiger partial charge is 0.230 e. The molecule has 1 saturated heterocycles. The fourth-order valence-electron chi connectivity index (χ4n) is 0.893. The van der Waals surface area contributed by atoms with Crippen LogP contribution in [0.5, 0.6) is 0 Å². The Bertz CT molecular complexity index is 141. The van der Waals surface area contributed by atoms with E-state index in [4.69, 9.17) is 19.6 Å². The van der Waals surface area contributed by atoms with Gasteiger partial charge >= 0.3 is 0 Å². The first-order chi connectivity index (χ1) is 4.13. The van der Waals surface area contributed by atoms with E-state index in [0.29, 0.717) is 6.42 Å². The predicted octanol–water partition coefficient (Wildman–Crippen LogP) is 0.298. The molecule has 0 aromatic heterocycles. The fourth-order valence-corrected chi connectivity index (χ4v) is 1.26. The molecule has 4 heteroatoms. The zero-order valence-electron chi connectivity index (χ0n) is 5.17. The van der Waals surface area contributed by atoms with E-state index in [0.717, 1.165) is 0 Å². The van der Waals surface area contributed by atoms with Crippen LogP contribution in [-0.4, -0.2) is 30.1 Å². The van der Waals surface area contributed by atoms with Crippen LogP contribution in [0, 0.1) is 0 Å². The lowest BCUT2D eigenvalue weighted by atomic mass is 10.2. The zero-order valence-corrected chi connectivity index (χ0v) is 5.93. The van der Waals surface area contributed by atoms with E-state index in [1.807, 2.05) is 6.92 Å². The average Bonchev–Trinajstić information content (AvgIpc) is 1.98. The van der Waals surface area contributed by atoms with Crippen molar-refractivity contribution < 1.29 is 4.79 Å². The fraction of sp³-hybridized carbons (Fsp3) is 0.800. The second kappa shape index (κ2) is 2.22. The van der Waals surface area contributed by atoms with Gasteiger partial charge < -0.3 is 4.81 Å². The molecule has 2 radical (unpaired) electrons. The van der Waals surface area contributed by atoms with Crippen molar-refractivity contribution in [1.29, 1.82) is 0 Å². The van der Waals surface area contributed by atoms with Gasteiger partial charge in [-0.3, -0.25) is 4.79 Å². The first-order valence-electron chi connectivity index (χ1n) is 2.84. The molecule has 1 fully saturated rings. The molecule has 0 spiro atoms. The van der Waals surface area contributed by atoms with Crippen molar-refractivity contribution >= 4 is 25.5 Å². The SMILES string of the molecule is [B]N1C(=O)C(Cl)CC1C. The maximum Gasteiger partial charge on any atom is 0.230 e. The molecular weight excluding hydrogens is 136 g/mol. The van der Waals surface area contributed by atoms with Gasteiger partial charge in [0.15, 0.2) is 0 Å². The van der Waals surface area contributed by atoms with Crippen LogP contribution in [-0.2, 0) is 4.79 Å². The number of nitrogens with zero attached hydrogens (tertiary/aromatic N) is 1. The van der Waals surface area contributed by atoms with Crippen LogP contribution in [0.25, 0.3) is 0 Å². The van der Waals surface area contributed by atoms with Gasteiger partial charge in [0.05, 0.1) is 0 Å². The van der Waals surface area contributed by atoms with Crippen LogP contribution in [0.3, 0.4) is 0 Å². The Morgan fingerprint density at radius 3 is 2.56 bits per heavy atom. The van der Waals surface area contributed by atoms with E-state index in [9.17, 15) is 4.79 Å². The molecule has 0 bridgehead atoms. The third kappa shape index (κ3) is 1.06. The number of carbonyl (C=O) groups excluding carboxylic acids is 1. The molecular formula is C5H7BClNO. The highest BCUT2D eigenvalue weighted by molar-refractivity contribution is 6.34. The Labute approximate surface area is 60.6 Å². The van der Waals surface area contributed by atoms with Crippen LogP contribution in [0.15, 0.2) is 0 Å².